The average Bonchev–Trinajstić information content (AvgIpc) is 3.06. The molecule has 1 aliphatic rings. The predicted molar refractivity (Wildman–Crippen MR) is 120 cm³/mol. The van der Waals surface area contributed by atoms with Gasteiger partial charge in [0.05, 0.1) is 29.1 Å². The summed E-state index contributed by atoms with van der Waals surface area (Å²) in [5.74, 6) is -2.05. The van der Waals surface area contributed by atoms with Gasteiger partial charge < -0.3 is 14.9 Å². The van der Waals surface area contributed by atoms with Crippen LogP contribution < -0.4 is 9.64 Å². The highest BCUT2D eigenvalue weighted by Gasteiger charge is 2.48. The number of amides is 1. The third kappa shape index (κ3) is 3.56. The van der Waals surface area contributed by atoms with Gasteiger partial charge in [-0.05, 0) is 55.0 Å². The Balaban J connectivity index is 1.97. The molecule has 32 heavy (non-hydrogen) atoms. The number of phenols is 1. The molecule has 0 aliphatic carbocycles. The van der Waals surface area contributed by atoms with Crippen LogP contribution in [0.1, 0.15) is 22.9 Å². The van der Waals surface area contributed by atoms with Gasteiger partial charge in [0.25, 0.3) is 11.7 Å². The number of aromatic nitrogens is 1. The molecule has 1 unspecified atom stereocenters. The summed E-state index contributed by atoms with van der Waals surface area (Å²) in [5.41, 5.74) is 1.38. The van der Waals surface area contributed by atoms with E-state index >= 15 is 0 Å². The largest absolute Gasteiger partial charge is 0.507 e. The van der Waals surface area contributed by atoms with Gasteiger partial charge in [-0.1, -0.05) is 23.7 Å². The number of carbonyl (C=O) groups is 2. The normalized spacial score (nSPS) is 17.6. The van der Waals surface area contributed by atoms with Crippen LogP contribution in [-0.2, 0) is 9.59 Å². The van der Waals surface area contributed by atoms with Gasteiger partial charge in [0.2, 0.25) is 0 Å². The van der Waals surface area contributed by atoms with E-state index in [1.54, 1.807) is 37.3 Å². The maximum atomic E-state index is 13.1. The minimum absolute atomic E-state index is 0.149. The van der Waals surface area contributed by atoms with Crippen molar-refractivity contribution in [2.45, 2.75) is 13.0 Å². The Morgan fingerprint density at radius 3 is 2.59 bits per heavy atom. The molecule has 1 aliphatic heterocycles. The van der Waals surface area contributed by atoms with Crippen LogP contribution in [0.3, 0.4) is 0 Å². The molecule has 1 aromatic heterocycles. The molecule has 162 valence electrons. The Kier molecular flexibility index (Phi) is 5.59. The summed E-state index contributed by atoms with van der Waals surface area (Å²) in [6.45, 7) is 1.80. The molecule has 1 saturated heterocycles. The van der Waals surface area contributed by atoms with Crippen molar-refractivity contribution in [2.75, 3.05) is 12.0 Å². The molecule has 2 aromatic carbocycles. The number of aromatic hydroxyl groups is 1. The molecule has 1 amide bonds. The van der Waals surface area contributed by atoms with E-state index in [9.17, 15) is 19.8 Å². The first kappa shape index (κ1) is 21.4. The third-order valence-corrected chi connectivity index (χ3v) is 5.54. The van der Waals surface area contributed by atoms with Crippen LogP contribution in [0.4, 0.5) is 5.69 Å². The SMILES string of the molecule is COc1cc(/C(O)=C2/C(=O)C(=O)N(c3cc(C)ccc3O)C2c2ccccn2)ccc1Cl. The summed E-state index contributed by atoms with van der Waals surface area (Å²) in [4.78, 5) is 31.7. The maximum Gasteiger partial charge on any atom is 0.300 e. The molecular formula is C24H19ClN2O5. The lowest BCUT2D eigenvalue weighted by atomic mass is 9.98. The number of ether oxygens (including phenoxy) is 1. The summed E-state index contributed by atoms with van der Waals surface area (Å²) in [6, 6.07) is 13.3. The summed E-state index contributed by atoms with van der Waals surface area (Å²) in [6.07, 6.45) is 1.52. The van der Waals surface area contributed by atoms with E-state index in [1.165, 1.54) is 37.6 Å². The Morgan fingerprint density at radius 2 is 1.91 bits per heavy atom. The van der Waals surface area contributed by atoms with Gasteiger partial charge in [-0.15, -0.1) is 0 Å². The zero-order chi connectivity index (χ0) is 23.0. The standard InChI is InChI=1S/C24H19ClN2O5/c1-13-6-9-18(28)17(11-13)27-21(16-5-3-4-10-26-16)20(23(30)24(27)31)22(29)14-7-8-15(25)19(12-14)32-2/h3-12,21,28-29H,1-2H3/b22-20-. The van der Waals surface area contributed by atoms with E-state index in [0.717, 1.165) is 10.5 Å². The number of Topliss-reactive ketones (excluding diaryl/α,β-unsaturated/α-hetero) is 1. The van der Waals surface area contributed by atoms with Gasteiger partial charge in [-0.25, -0.2) is 0 Å². The highest BCUT2D eigenvalue weighted by atomic mass is 35.5. The Hall–Kier alpha value is -3.84. The molecule has 3 aromatic rings. The number of aliphatic hydroxyl groups excluding tert-OH is 1. The molecule has 1 fully saturated rings. The molecule has 0 saturated carbocycles. The number of rotatable bonds is 4. The van der Waals surface area contributed by atoms with Gasteiger partial charge in [-0.2, -0.15) is 0 Å². The molecule has 8 heteroatoms. The van der Waals surface area contributed by atoms with Crippen molar-refractivity contribution in [3.8, 4) is 11.5 Å². The van der Waals surface area contributed by atoms with Crippen molar-refractivity contribution >= 4 is 34.7 Å². The van der Waals surface area contributed by atoms with E-state index in [2.05, 4.69) is 4.98 Å². The number of pyridine rings is 1. The quantitative estimate of drug-likeness (QED) is 0.347. The first-order valence-corrected chi connectivity index (χ1v) is 10.1. The second kappa shape index (κ2) is 8.36. The first-order chi connectivity index (χ1) is 15.3. The third-order valence-electron chi connectivity index (χ3n) is 5.23. The first-order valence-electron chi connectivity index (χ1n) is 9.69. The highest BCUT2D eigenvalue weighted by molar-refractivity contribution is 6.51. The second-order valence-corrected chi connectivity index (χ2v) is 7.67. The lowest BCUT2D eigenvalue weighted by molar-refractivity contribution is -0.132. The number of benzene rings is 2. The molecule has 1 atom stereocenters. The van der Waals surface area contributed by atoms with Gasteiger partial charge >= 0.3 is 0 Å². The van der Waals surface area contributed by atoms with Crippen LogP contribution in [0.15, 0.2) is 66.4 Å². The topological polar surface area (TPSA) is 100.0 Å². The van der Waals surface area contributed by atoms with Gasteiger partial charge in [0, 0.05) is 11.8 Å². The number of aliphatic hydroxyl groups is 1. The fourth-order valence-electron chi connectivity index (χ4n) is 3.69. The number of hydrogen-bond acceptors (Lipinski definition) is 6. The lowest BCUT2D eigenvalue weighted by Crippen LogP contribution is -2.30. The number of phenolic OH excluding ortho intramolecular Hbond substituents is 1. The summed E-state index contributed by atoms with van der Waals surface area (Å²) >= 11 is 6.08. The zero-order valence-corrected chi connectivity index (χ0v) is 18.0. The monoisotopic (exact) mass is 450 g/mol. The fourth-order valence-corrected chi connectivity index (χ4v) is 3.88. The van der Waals surface area contributed by atoms with Crippen molar-refractivity contribution in [1.29, 1.82) is 0 Å². The number of nitrogens with zero attached hydrogens (tertiary/aromatic N) is 2. The molecule has 4 rings (SSSR count). The number of aryl methyl sites for hydroxylation is 1. The van der Waals surface area contributed by atoms with E-state index in [-0.39, 0.29) is 22.6 Å². The lowest BCUT2D eigenvalue weighted by Gasteiger charge is -2.25. The van der Waals surface area contributed by atoms with Crippen molar-refractivity contribution in [3.63, 3.8) is 0 Å². The van der Waals surface area contributed by atoms with Gasteiger partial charge in [0.15, 0.2) is 0 Å². The Morgan fingerprint density at radius 1 is 1.12 bits per heavy atom. The molecule has 0 radical (unpaired) electrons. The highest BCUT2D eigenvalue weighted by Crippen LogP contribution is 2.44. The van der Waals surface area contributed by atoms with Crippen LogP contribution in [0, 0.1) is 6.92 Å². The van der Waals surface area contributed by atoms with Crippen molar-refractivity contribution in [1.82, 2.24) is 4.98 Å². The smallest absolute Gasteiger partial charge is 0.300 e. The Labute approximate surface area is 189 Å². The van der Waals surface area contributed by atoms with Crippen LogP contribution in [-0.4, -0.2) is 34.0 Å². The van der Waals surface area contributed by atoms with Gasteiger partial charge in [-0.3, -0.25) is 19.5 Å². The van der Waals surface area contributed by atoms with Crippen LogP contribution in [0.5, 0.6) is 11.5 Å². The molecule has 0 bridgehead atoms. The minimum atomic E-state index is -1.05. The molecule has 7 nitrogen and oxygen atoms in total. The second-order valence-electron chi connectivity index (χ2n) is 7.27. The molecular weight excluding hydrogens is 432 g/mol. The zero-order valence-electron chi connectivity index (χ0n) is 17.2. The number of halogens is 1. The fraction of sp³-hybridized carbons (Fsp3) is 0.125. The van der Waals surface area contributed by atoms with E-state index < -0.39 is 23.5 Å². The van der Waals surface area contributed by atoms with Crippen molar-refractivity contribution in [3.05, 3.63) is 88.2 Å². The summed E-state index contributed by atoms with van der Waals surface area (Å²) in [7, 11) is 1.43. The summed E-state index contributed by atoms with van der Waals surface area (Å²) in [5, 5.41) is 21.9. The molecule has 2 heterocycles. The van der Waals surface area contributed by atoms with Gasteiger partial charge in [0.1, 0.15) is 23.3 Å². The number of anilines is 1. The number of hydrogen-bond donors (Lipinski definition) is 2. The van der Waals surface area contributed by atoms with E-state index in [1.807, 2.05) is 0 Å². The van der Waals surface area contributed by atoms with Crippen LogP contribution in [0.2, 0.25) is 5.02 Å². The summed E-state index contributed by atoms with van der Waals surface area (Å²) < 4.78 is 5.20. The molecule has 0 spiro atoms. The Bertz CT molecular complexity index is 1260. The van der Waals surface area contributed by atoms with Crippen molar-refractivity contribution in [2.24, 2.45) is 0 Å². The number of carbonyl (C=O) groups excluding carboxylic acids is 2. The van der Waals surface area contributed by atoms with E-state index in [0.29, 0.717) is 16.5 Å². The maximum absolute atomic E-state index is 13.1. The van der Waals surface area contributed by atoms with Crippen LogP contribution >= 0.6 is 11.6 Å². The predicted octanol–water partition coefficient (Wildman–Crippen LogP) is 4.38. The average molecular weight is 451 g/mol. The number of ketones is 1. The molecule has 2 N–H and O–H groups in total. The van der Waals surface area contributed by atoms with Crippen molar-refractivity contribution < 1.29 is 24.5 Å². The minimum Gasteiger partial charge on any atom is -0.507 e. The number of methoxy groups -OCH3 is 1. The van der Waals surface area contributed by atoms with Crippen LogP contribution in [0.25, 0.3) is 5.76 Å². The van der Waals surface area contributed by atoms with E-state index in [4.69, 9.17) is 16.3 Å².